The molecule has 0 aliphatic carbocycles. The van der Waals surface area contributed by atoms with E-state index in [4.69, 9.17) is 5.11 Å². The van der Waals surface area contributed by atoms with Gasteiger partial charge in [0.05, 0.1) is 0 Å². The largest absolute Gasteiger partial charge is 0.481 e. The third kappa shape index (κ3) is 27.5. The number of rotatable bonds is 26. The maximum atomic E-state index is 10.4. The zero-order chi connectivity index (χ0) is 22.0. The summed E-state index contributed by atoms with van der Waals surface area (Å²) >= 11 is 0. The van der Waals surface area contributed by atoms with E-state index < -0.39 is 5.97 Å². The topological polar surface area (TPSA) is 37.3 Å². The van der Waals surface area contributed by atoms with Crippen LogP contribution in [0.5, 0.6) is 0 Å². The number of unbranched alkanes of at least 4 members (excludes halogenated alkanes) is 24. The molecule has 0 saturated heterocycles. The first-order valence-corrected chi connectivity index (χ1v) is 14.0. The molecule has 30 heavy (non-hydrogen) atoms. The summed E-state index contributed by atoms with van der Waals surface area (Å²) in [6.07, 6.45) is 35.0. The Morgan fingerprint density at radius 2 is 0.600 bits per heavy atom. The molecule has 0 bridgehead atoms. The molecule has 0 heterocycles. The lowest BCUT2D eigenvalue weighted by Gasteiger charge is -2.04. The van der Waals surface area contributed by atoms with Gasteiger partial charge in [0.2, 0.25) is 0 Å². The van der Waals surface area contributed by atoms with E-state index in [0.29, 0.717) is 6.42 Å². The highest BCUT2D eigenvalue weighted by Gasteiger charge is 1.97. The molecule has 1 N–H and O–H groups in total. The van der Waals surface area contributed by atoms with Gasteiger partial charge in [0.1, 0.15) is 0 Å². The van der Waals surface area contributed by atoms with Crippen LogP contribution in [-0.4, -0.2) is 11.1 Å². The number of carboxylic acids is 1. The standard InChI is InChI=1S/C28H56O2/c1-2-3-4-5-6-7-8-9-10-11-12-13-14-15-16-17-18-19-20-21-22-23-24-25-26-27-28(29)30/h2-27H2,1H3,(H,29,30). The number of hydrogen-bond donors (Lipinski definition) is 1. The second kappa shape index (κ2) is 26.5. The average Bonchev–Trinajstić information content (AvgIpc) is 2.73. The predicted octanol–water partition coefficient (Wildman–Crippen LogP) is 10.2. The van der Waals surface area contributed by atoms with E-state index >= 15 is 0 Å². The molecule has 0 aromatic heterocycles. The van der Waals surface area contributed by atoms with Gasteiger partial charge in [0.25, 0.3) is 0 Å². The van der Waals surface area contributed by atoms with Gasteiger partial charge in [-0.1, -0.05) is 161 Å². The first kappa shape index (κ1) is 29.5. The fourth-order valence-corrected chi connectivity index (χ4v) is 4.42. The highest BCUT2D eigenvalue weighted by Crippen LogP contribution is 2.15. The lowest BCUT2D eigenvalue weighted by Crippen LogP contribution is -1.93. The van der Waals surface area contributed by atoms with Crippen molar-refractivity contribution < 1.29 is 9.90 Å². The van der Waals surface area contributed by atoms with Gasteiger partial charge in [-0.3, -0.25) is 4.79 Å². The van der Waals surface area contributed by atoms with Gasteiger partial charge < -0.3 is 5.11 Å². The van der Waals surface area contributed by atoms with Crippen LogP contribution in [0.15, 0.2) is 0 Å². The fraction of sp³-hybridized carbons (Fsp3) is 0.964. The Hall–Kier alpha value is -0.530. The summed E-state index contributed by atoms with van der Waals surface area (Å²) in [6.45, 7) is 2.29. The Balaban J connectivity index is 2.99. The summed E-state index contributed by atoms with van der Waals surface area (Å²) in [5.41, 5.74) is 0. The molecule has 0 aromatic carbocycles. The molecule has 0 spiro atoms. The van der Waals surface area contributed by atoms with E-state index in [0.717, 1.165) is 12.8 Å². The second-order valence-electron chi connectivity index (χ2n) is 9.63. The van der Waals surface area contributed by atoms with Crippen LogP contribution in [0, 0.1) is 0 Å². The van der Waals surface area contributed by atoms with E-state index in [2.05, 4.69) is 6.92 Å². The lowest BCUT2D eigenvalue weighted by atomic mass is 10.0. The van der Waals surface area contributed by atoms with Crippen molar-refractivity contribution in [1.29, 1.82) is 0 Å². The van der Waals surface area contributed by atoms with E-state index in [-0.39, 0.29) is 0 Å². The normalized spacial score (nSPS) is 11.2. The first-order chi connectivity index (χ1) is 14.8. The molecular formula is C28H56O2. The van der Waals surface area contributed by atoms with Gasteiger partial charge in [-0.25, -0.2) is 0 Å². The maximum absolute atomic E-state index is 10.4. The van der Waals surface area contributed by atoms with Crippen LogP contribution in [0.1, 0.15) is 174 Å². The van der Waals surface area contributed by atoms with Crippen LogP contribution in [0.2, 0.25) is 0 Å². The first-order valence-electron chi connectivity index (χ1n) is 14.0. The minimum atomic E-state index is -0.649. The van der Waals surface area contributed by atoms with Crippen LogP contribution in [0.25, 0.3) is 0 Å². The highest BCUT2D eigenvalue weighted by atomic mass is 16.4. The van der Waals surface area contributed by atoms with Crippen molar-refractivity contribution in [3.63, 3.8) is 0 Å². The number of hydrogen-bond acceptors (Lipinski definition) is 1. The van der Waals surface area contributed by atoms with Crippen molar-refractivity contribution in [2.24, 2.45) is 0 Å². The van der Waals surface area contributed by atoms with Gasteiger partial charge in [-0.2, -0.15) is 0 Å². The van der Waals surface area contributed by atoms with E-state index in [9.17, 15) is 4.79 Å². The molecule has 0 amide bonds. The van der Waals surface area contributed by atoms with Crippen molar-refractivity contribution in [2.45, 2.75) is 174 Å². The minimum absolute atomic E-state index is 0.347. The molecule has 180 valence electrons. The minimum Gasteiger partial charge on any atom is -0.481 e. The summed E-state index contributed by atoms with van der Waals surface area (Å²) in [6, 6.07) is 0. The molecule has 0 fully saturated rings. The van der Waals surface area contributed by atoms with Crippen molar-refractivity contribution in [3.05, 3.63) is 0 Å². The van der Waals surface area contributed by atoms with Crippen LogP contribution < -0.4 is 0 Å². The number of carboxylic acid groups (broad SMARTS) is 1. The van der Waals surface area contributed by atoms with Crippen molar-refractivity contribution in [2.75, 3.05) is 0 Å². The van der Waals surface area contributed by atoms with Gasteiger partial charge >= 0.3 is 5.97 Å². The summed E-state index contributed by atoms with van der Waals surface area (Å²) in [4.78, 5) is 10.4. The monoisotopic (exact) mass is 424 g/mol. The lowest BCUT2D eigenvalue weighted by molar-refractivity contribution is -0.137. The Morgan fingerprint density at radius 1 is 0.400 bits per heavy atom. The molecule has 0 rings (SSSR count). The predicted molar refractivity (Wildman–Crippen MR) is 133 cm³/mol. The Kier molecular flexibility index (Phi) is 26.0. The van der Waals surface area contributed by atoms with Crippen LogP contribution in [0.3, 0.4) is 0 Å². The summed E-state index contributed by atoms with van der Waals surface area (Å²) < 4.78 is 0. The maximum Gasteiger partial charge on any atom is 0.303 e. The molecule has 2 heteroatoms. The SMILES string of the molecule is CCCCCCCCCCCCCCCCCCCCCCCCCCCC(=O)O. The molecular weight excluding hydrogens is 368 g/mol. The van der Waals surface area contributed by atoms with E-state index in [1.807, 2.05) is 0 Å². The number of carbonyl (C=O) groups is 1. The van der Waals surface area contributed by atoms with Gasteiger partial charge in [0, 0.05) is 6.42 Å². The summed E-state index contributed by atoms with van der Waals surface area (Å²) in [5.74, 6) is -0.649. The highest BCUT2D eigenvalue weighted by molar-refractivity contribution is 5.66. The molecule has 0 aliphatic heterocycles. The molecule has 0 aliphatic rings. The third-order valence-corrected chi connectivity index (χ3v) is 6.49. The van der Waals surface area contributed by atoms with Gasteiger partial charge in [-0.15, -0.1) is 0 Å². The molecule has 0 saturated carbocycles. The zero-order valence-corrected chi connectivity index (χ0v) is 20.7. The van der Waals surface area contributed by atoms with Crippen molar-refractivity contribution in [3.8, 4) is 0 Å². The Bertz CT molecular complexity index is 327. The van der Waals surface area contributed by atoms with Gasteiger partial charge in [0.15, 0.2) is 0 Å². The van der Waals surface area contributed by atoms with Crippen LogP contribution in [0.4, 0.5) is 0 Å². The number of aliphatic carboxylic acids is 1. The quantitative estimate of drug-likeness (QED) is 0.140. The molecule has 0 aromatic rings. The Labute approximate surface area is 190 Å². The van der Waals surface area contributed by atoms with Gasteiger partial charge in [-0.05, 0) is 6.42 Å². The third-order valence-electron chi connectivity index (χ3n) is 6.49. The second-order valence-corrected chi connectivity index (χ2v) is 9.63. The van der Waals surface area contributed by atoms with Crippen LogP contribution in [-0.2, 0) is 4.79 Å². The summed E-state index contributed by atoms with van der Waals surface area (Å²) in [5, 5.41) is 8.60. The Morgan fingerprint density at radius 3 is 0.800 bits per heavy atom. The fourth-order valence-electron chi connectivity index (χ4n) is 4.42. The van der Waals surface area contributed by atoms with Crippen molar-refractivity contribution in [1.82, 2.24) is 0 Å². The van der Waals surface area contributed by atoms with E-state index in [1.165, 1.54) is 148 Å². The molecule has 0 unspecified atom stereocenters. The molecule has 0 atom stereocenters. The average molecular weight is 425 g/mol. The van der Waals surface area contributed by atoms with Crippen LogP contribution >= 0.6 is 0 Å². The summed E-state index contributed by atoms with van der Waals surface area (Å²) in [7, 11) is 0. The smallest absolute Gasteiger partial charge is 0.303 e. The van der Waals surface area contributed by atoms with Crippen molar-refractivity contribution >= 4 is 5.97 Å². The van der Waals surface area contributed by atoms with E-state index in [1.54, 1.807) is 0 Å². The zero-order valence-electron chi connectivity index (χ0n) is 20.7. The molecule has 0 radical (unpaired) electrons. The molecule has 2 nitrogen and oxygen atoms in total.